The van der Waals surface area contributed by atoms with Crippen LogP contribution in [0.4, 0.5) is 5.82 Å². The molecule has 0 bridgehead atoms. The minimum absolute atomic E-state index is 0.753. The second kappa shape index (κ2) is 5.65. The molecule has 1 heterocycles. The van der Waals surface area contributed by atoms with Crippen LogP contribution in [0.5, 0.6) is 0 Å². The first-order chi connectivity index (χ1) is 9.11. The van der Waals surface area contributed by atoms with E-state index in [-0.39, 0.29) is 0 Å². The summed E-state index contributed by atoms with van der Waals surface area (Å²) >= 11 is 0. The number of anilines is 1. The monoisotopic (exact) mass is 253 g/mol. The molecule has 0 aliphatic heterocycles. The first-order valence-corrected chi connectivity index (χ1v) is 6.37. The molecule has 0 aliphatic rings. The van der Waals surface area contributed by atoms with Crippen molar-refractivity contribution in [1.82, 2.24) is 10.2 Å². The van der Waals surface area contributed by atoms with Crippen molar-refractivity contribution < 1.29 is 0 Å². The van der Waals surface area contributed by atoms with E-state index in [0.717, 1.165) is 29.2 Å². The third-order valence-electron chi connectivity index (χ3n) is 3.33. The molecule has 2 rings (SSSR count). The van der Waals surface area contributed by atoms with Gasteiger partial charge in [0, 0.05) is 6.54 Å². The van der Waals surface area contributed by atoms with Gasteiger partial charge in [0.1, 0.15) is 0 Å². The SMILES string of the molecule is C=Cc1nnc(NCc2ccc(C)cc2)c(C)c1C. The van der Waals surface area contributed by atoms with Crippen LogP contribution < -0.4 is 5.32 Å². The van der Waals surface area contributed by atoms with Crippen molar-refractivity contribution >= 4 is 11.9 Å². The normalized spacial score (nSPS) is 10.3. The third-order valence-corrected chi connectivity index (χ3v) is 3.33. The van der Waals surface area contributed by atoms with Crippen LogP contribution in [-0.2, 0) is 6.54 Å². The maximum absolute atomic E-state index is 4.21. The largest absolute Gasteiger partial charge is 0.364 e. The van der Waals surface area contributed by atoms with E-state index in [9.17, 15) is 0 Å². The molecule has 0 saturated carbocycles. The number of rotatable bonds is 4. The molecule has 0 aliphatic carbocycles. The molecular formula is C16H19N3. The van der Waals surface area contributed by atoms with Crippen molar-refractivity contribution in [2.24, 2.45) is 0 Å². The molecule has 3 heteroatoms. The van der Waals surface area contributed by atoms with Crippen molar-refractivity contribution in [3.63, 3.8) is 0 Å². The van der Waals surface area contributed by atoms with Gasteiger partial charge in [0.05, 0.1) is 5.69 Å². The lowest BCUT2D eigenvalue weighted by atomic mass is 10.1. The molecule has 0 spiro atoms. The number of hydrogen-bond acceptors (Lipinski definition) is 3. The smallest absolute Gasteiger partial charge is 0.152 e. The van der Waals surface area contributed by atoms with Crippen molar-refractivity contribution in [3.05, 3.63) is 58.8 Å². The van der Waals surface area contributed by atoms with Crippen LogP contribution in [0, 0.1) is 20.8 Å². The Bertz CT molecular complexity index is 586. The highest BCUT2D eigenvalue weighted by atomic mass is 15.2. The third kappa shape index (κ3) is 2.99. The Morgan fingerprint density at radius 3 is 2.37 bits per heavy atom. The zero-order chi connectivity index (χ0) is 13.8. The number of nitrogens with zero attached hydrogens (tertiary/aromatic N) is 2. The first-order valence-electron chi connectivity index (χ1n) is 6.37. The van der Waals surface area contributed by atoms with Gasteiger partial charge in [-0.2, -0.15) is 0 Å². The molecular weight excluding hydrogens is 234 g/mol. The van der Waals surface area contributed by atoms with E-state index in [1.165, 1.54) is 11.1 Å². The Balaban J connectivity index is 2.14. The molecule has 98 valence electrons. The second-order valence-corrected chi connectivity index (χ2v) is 4.73. The molecule has 1 N–H and O–H groups in total. The average Bonchev–Trinajstić information content (AvgIpc) is 2.42. The van der Waals surface area contributed by atoms with Crippen molar-refractivity contribution in [2.75, 3.05) is 5.32 Å². The van der Waals surface area contributed by atoms with Crippen molar-refractivity contribution in [1.29, 1.82) is 0 Å². The Kier molecular flexibility index (Phi) is 3.95. The van der Waals surface area contributed by atoms with E-state index >= 15 is 0 Å². The van der Waals surface area contributed by atoms with Crippen LogP contribution in [0.3, 0.4) is 0 Å². The zero-order valence-corrected chi connectivity index (χ0v) is 11.7. The van der Waals surface area contributed by atoms with Gasteiger partial charge in [-0.25, -0.2) is 0 Å². The molecule has 1 aromatic carbocycles. The molecule has 0 saturated heterocycles. The number of aromatic nitrogens is 2. The Morgan fingerprint density at radius 2 is 1.74 bits per heavy atom. The molecule has 0 atom stereocenters. The molecule has 0 unspecified atom stereocenters. The number of hydrogen-bond donors (Lipinski definition) is 1. The van der Waals surface area contributed by atoms with Crippen LogP contribution in [0.15, 0.2) is 30.8 Å². The van der Waals surface area contributed by atoms with Gasteiger partial charge in [-0.1, -0.05) is 36.4 Å². The van der Waals surface area contributed by atoms with Gasteiger partial charge in [0.2, 0.25) is 0 Å². The predicted octanol–water partition coefficient (Wildman–Crippen LogP) is 3.66. The number of nitrogens with one attached hydrogen (secondary N) is 1. The number of benzene rings is 1. The fourth-order valence-corrected chi connectivity index (χ4v) is 1.88. The summed E-state index contributed by atoms with van der Waals surface area (Å²) in [5, 5.41) is 11.7. The van der Waals surface area contributed by atoms with Crippen LogP contribution in [0.2, 0.25) is 0 Å². The maximum atomic E-state index is 4.21. The summed E-state index contributed by atoms with van der Waals surface area (Å²) < 4.78 is 0. The lowest BCUT2D eigenvalue weighted by Gasteiger charge is -2.11. The van der Waals surface area contributed by atoms with Crippen molar-refractivity contribution in [3.8, 4) is 0 Å². The minimum atomic E-state index is 0.753. The standard InChI is InChI=1S/C16H19N3/c1-5-15-12(3)13(4)16(19-18-15)17-10-14-8-6-11(2)7-9-14/h5-9H,1,10H2,2-4H3,(H,17,19). The number of aryl methyl sites for hydroxylation is 1. The highest BCUT2D eigenvalue weighted by molar-refractivity contribution is 5.55. The molecule has 1 aromatic heterocycles. The first kappa shape index (κ1) is 13.3. The van der Waals surface area contributed by atoms with E-state index in [1.807, 2.05) is 6.92 Å². The minimum Gasteiger partial charge on any atom is -0.364 e. The summed E-state index contributed by atoms with van der Waals surface area (Å²) in [6.07, 6.45) is 1.74. The zero-order valence-electron chi connectivity index (χ0n) is 11.7. The topological polar surface area (TPSA) is 37.8 Å². The van der Waals surface area contributed by atoms with Crippen LogP contribution in [-0.4, -0.2) is 10.2 Å². The lowest BCUT2D eigenvalue weighted by Crippen LogP contribution is -2.07. The van der Waals surface area contributed by atoms with Gasteiger partial charge in [-0.3, -0.25) is 0 Å². The van der Waals surface area contributed by atoms with Gasteiger partial charge in [0.15, 0.2) is 5.82 Å². The van der Waals surface area contributed by atoms with Crippen molar-refractivity contribution in [2.45, 2.75) is 27.3 Å². The van der Waals surface area contributed by atoms with E-state index in [0.29, 0.717) is 0 Å². The lowest BCUT2D eigenvalue weighted by molar-refractivity contribution is 0.960. The second-order valence-electron chi connectivity index (χ2n) is 4.73. The van der Waals surface area contributed by atoms with E-state index in [4.69, 9.17) is 0 Å². The summed E-state index contributed by atoms with van der Waals surface area (Å²) in [4.78, 5) is 0. The maximum Gasteiger partial charge on any atom is 0.152 e. The summed E-state index contributed by atoms with van der Waals surface area (Å²) in [6, 6.07) is 8.47. The molecule has 3 nitrogen and oxygen atoms in total. The highest BCUT2D eigenvalue weighted by Gasteiger charge is 2.07. The van der Waals surface area contributed by atoms with Gasteiger partial charge in [-0.05, 0) is 43.5 Å². The quantitative estimate of drug-likeness (QED) is 0.903. The summed E-state index contributed by atoms with van der Waals surface area (Å²) in [5.74, 6) is 0.837. The molecule has 0 radical (unpaired) electrons. The van der Waals surface area contributed by atoms with Gasteiger partial charge in [0.25, 0.3) is 0 Å². The summed E-state index contributed by atoms with van der Waals surface area (Å²) in [6.45, 7) is 10.7. The summed E-state index contributed by atoms with van der Waals surface area (Å²) in [7, 11) is 0. The van der Waals surface area contributed by atoms with Crippen LogP contribution in [0.25, 0.3) is 6.08 Å². The Labute approximate surface area is 114 Å². The van der Waals surface area contributed by atoms with E-state index in [1.54, 1.807) is 6.08 Å². The Hall–Kier alpha value is -2.16. The van der Waals surface area contributed by atoms with E-state index in [2.05, 4.69) is 60.2 Å². The summed E-state index contributed by atoms with van der Waals surface area (Å²) in [5.41, 5.74) is 5.59. The molecule has 0 fully saturated rings. The van der Waals surface area contributed by atoms with E-state index < -0.39 is 0 Å². The highest BCUT2D eigenvalue weighted by Crippen LogP contribution is 2.18. The van der Waals surface area contributed by atoms with Gasteiger partial charge < -0.3 is 5.32 Å². The molecule has 2 aromatic rings. The van der Waals surface area contributed by atoms with Gasteiger partial charge >= 0.3 is 0 Å². The Morgan fingerprint density at radius 1 is 1.05 bits per heavy atom. The fraction of sp³-hybridized carbons (Fsp3) is 0.250. The average molecular weight is 253 g/mol. The predicted molar refractivity (Wildman–Crippen MR) is 80.1 cm³/mol. The van der Waals surface area contributed by atoms with Crippen LogP contribution >= 0.6 is 0 Å². The van der Waals surface area contributed by atoms with Crippen LogP contribution in [0.1, 0.15) is 27.9 Å². The fourth-order valence-electron chi connectivity index (χ4n) is 1.88. The molecule has 0 amide bonds. The molecule has 19 heavy (non-hydrogen) atoms. The van der Waals surface area contributed by atoms with Gasteiger partial charge in [-0.15, -0.1) is 10.2 Å².